The summed E-state index contributed by atoms with van der Waals surface area (Å²) in [6, 6.07) is 10.2. The summed E-state index contributed by atoms with van der Waals surface area (Å²) in [5.74, 6) is 1.39. The molecule has 6 heteroatoms. The van der Waals surface area contributed by atoms with E-state index >= 15 is 0 Å². The van der Waals surface area contributed by atoms with E-state index in [2.05, 4.69) is 27.1 Å². The van der Waals surface area contributed by atoms with Crippen LogP contribution < -0.4 is 4.90 Å². The second-order valence-corrected chi connectivity index (χ2v) is 5.14. The molecule has 1 heterocycles. The van der Waals surface area contributed by atoms with E-state index in [1.807, 2.05) is 32.3 Å². The van der Waals surface area contributed by atoms with Crippen molar-refractivity contribution < 1.29 is 0 Å². The van der Waals surface area contributed by atoms with Gasteiger partial charge in [-0.15, -0.1) is 0 Å². The highest BCUT2D eigenvalue weighted by Crippen LogP contribution is 2.21. The van der Waals surface area contributed by atoms with Crippen LogP contribution in [0.15, 0.2) is 35.5 Å². The number of nitrogens with zero attached hydrogens (tertiary/aromatic N) is 4. The number of hydrogen-bond acceptors (Lipinski definition) is 5. The van der Waals surface area contributed by atoms with Gasteiger partial charge in [-0.25, -0.2) is 0 Å². The minimum Gasteiger partial charge on any atom is -0.347 e. The van der Waals surface area contributed by atoms with Gasteiger partial charge in [0.1, 0.15) is 0 Å². The van der Waals surface area contributed by atoms with Gasteiger partial charge in [-0.3, -0.25) is 0 Å². The molecule has 0 unspecified atom stereocenters. The molecule has 0 aliphatic rings. The Balaban J connectivity index is 2.10. The predicted molar refractivity (Wildman–Crippen MR) is 75.2 cm³/mol. The highest BCUT2D eigenvalue weighted by Gasteiger charge is 2.07. The summed E-state index contributed by atoms with van der Waals surface area (Å²) in [5.41, 5.74) is 1.23. The Kier molecular flexibility index (Phi) is 4.38. The standard InChI is InChI=1S/C12H13ClN4S/c1-17(2)11-14-10(13)15-12(16-11)18-8-9-6-4-3-5-7-9/h3-7H,8H2,1-2H3. The van der Waals surface area contributed by atoms with Crippen LogP contribution in [0, 0.1) is 0 Å². The largest absolute Gasteiger partial charge is 0.347 e. The van der Waals surface area contributed by atoms with Crippen LogP contribution in [0.1, 0.15) is 5.56 Å². The number of hydrogen-bond donors (Lipinski definition) is 0. The van der Waals surface area contributed by atoms with E-state index in [9.17, 15) is 0 Å². The fourth-order valence-corrected chi connectivity index (χ4v) is 2.30. The molecule has 0 saturated carbocycles. The van der Waals surface area contributed by atoms with Gasteiger partial charge in [0.25, 0.3) is 0 Å². The second-order valence-electron chi connectivity index (χ2n) is 3.86. The van der Waals surface area contributed by atoms with Gasteiger partial charge in [0, 0.05) is 19.8 Å². The summed E-state index contributed by atoms with van der Waals surface area (Å²) in [4.78, 5) is 14.3. The first-order valence-electron chi connectivity index (χ1n) is 5.41. The molecule has 0 bridgehead atoms. The lowest BCUT2D eigenvalue weighted by atomic mass is 10.2. The third kappa shape index (κ3) is 3.58. The lowest BCUT2D eigenvalue weighted by molar-refractivity contribution is 0.865. The summed E-state index contributed by atoms with van der Waals surface area (Å²) >= 11 is 7.42. The van der Waals surface area contributed by atoms with E-state index in [1.165, 1.54) is 5.56 Å². The Hall–Kier alpha value is -1.33. The zero-order chi connectivity index (χ0) is 13.0. The number of benzene rings is 1. The molecular weight excluding hydrogens is 268 g/mol. The molecule has 18 heavy (non-hydrogen) atoms. The minimum absolute atomic E-state index is 0.226. The van der Waals surface area contributed by atoms with E-state index in [0.29, 0.717) is 11.1 Å². The Bertz CT molecular complexity index is 519. The van der Waals surface area contributed by atoms with Gasteiger partial charge in [-0.05, 0) is 17.2 Å². The first-order valence-corrected chi connectivity index (χ1v) is 6.77. The van der Waals surface area contributed by atoms with Gasteiger partial charge in [0.15, 0.2) is 5.16 Å². The molecule has 0 radical (unpaired) electrons. The van der Waals surface area contributed by atoms with Crippen molar-refractivity contribution in [1.82, 2.24) is 15.0 Å². The van der Waals surface area contributed by atoms with Crippen molar-refractivity contribution in [2.75, 3.05) is 19.0 Å². The van der Waals surface area contributed by atoms with Crippen molar-refractivity contribution in [2.45, 2.75) is 10.9 Å². The fourth-order valence-electron chi connectivity index (χ4n) is 1.31. The van der Waals surface area contributed by atoms with Crippen LogP contribution in [0.25, 0.3) is 0 Å². The van der Waals surface area contributed by atoms with Gasteiger partial charge in [0.05, 0.1) is 0 Å². The Labute approximate surface area is 115 Å². The fraction of sp³-hybridized carbons (Fsp3) is 0.250. The molecule has 0 N–H and O–H groups in total. The second kappa shape index (κ2) is 6.02. The summed E-state index contributed by atoms with van der Waals surface area (Å²) in [6.45, 7) is 0. The van der Waals surface area contributed by atoms with Crippen LogP contribution in [-0.4, -0.2) is 29.0 Å². The Morgan fingerprint density at radius 3 is 2.50 bits per heavy atom. The first kappa shape index (κ1) is 13.1. The van der Waals surface area contributed by atoms with Crippen molar-refractivity contribution in [1.29, 1.82) is 0 Å². The number of aromatic nitrogens is 3. The van der Waals surface area contributed by atoms with Gasteiger partial charge < -0.3 is 4.90 Å². The van der Waals surface area contributed by atoms with E-state index in [-0.39, 0.29) is 5.28 Å². The summed E-state index contributed by atoms with van der Waals surface area (Å²) in [7, 11) is 3.74. The maximum atomic E-state index is 5.87. The van der Waals surface area contributed by atoms with Crippen LogP contribution in [-0.2, 0) is 5.75 Å². The zero-order valence-electron chi connectivity index (χ0n) is 10.2. The molecule has 0 atom stereocenters. The Morgan fingerprint density at radius 2 is 1.83 bits per heavy atom. The number of rotatable bonds is 4. The molecule has 2 rings (SSSR count). The topological polar surface area (TPSA) is 41.9 Å². The van der Waals surface area contributed by atoms with Crippen LogP contribution in [0.3, 0.4) is 0 Å². The third-order valence-electron chi connectivity index (χ3n) is 2.19. The predicted octanol–water partition coefficient (Wildman–Crippen LogP) is 2.88. The lowest BCUT2D eigenvalue weighted by Gasteiger charge is -2.10. The van der Waals surface area contributed by atoms with E-state index < -0.39 is 0 Å². The number of anilines is 1. The van der Waals surface area contributed by atoms with Gasteiger partial charge in [0.2, 0.25) is 11.2 Å². The van der Waals surface area contributed by atoms with Gasteiger partial charge >= 0.3 is 0 Å². The zero-order valence-corrected chi connectivity index (χ0v) is 11.7. The molecule has 0 aliphatic carbocycles. The van der Waals surface area contributed by atoms with Gasteiger partial charge in [-0.2, -0.15) is 15.0 Å². The van der Waals surface area contributed by atoms with Crippen LogP contribution in [0.2, 0.25) is 5.28 Å². The molecule has 94 valence electrons. The molecule has 2 aromatic rings. The third-order valence-corrected chi connectivity index (χ3v) is 3.27. The first-order chi connectivity index (χ1) is 8.65. The maximum Gasteiger partial charge on any atom is 0.230 e. The normalized spacial score (nSPS) is 10.4. The monoisotopic (exact) mass is 280 g/mol. The molecule has 0 saturated heterocycles. The van der Waals surface area contributed by atoms with E-state index in [0.717, 1.165) is 5.75 Å². The maximum absolute atomic E-state index is 5.87. The van der Waals surface area contributed by atoms with Crippen molar-refractivity contribution in [2.24, 2.45) is 0 Å². The van der Waals surface area contributed by atoms with E-state index in [1.54, 1.807) is 16.7 Å². The van der Waals surface area contributed by atoms with Crippen molar-refractivity contribution in [3.63, 3.8) is 0 Å². The van der Waals surface area contributed by atoms with Crippen molar-refractivity contribution in [3.05, 3.63) is 41.2 Å². The highest BCUT2D eigenvalue weighted by atomic mass is 35.5. The molecule has 0 aliphatic heterocycles. The molecule has 4 nitrogen and oxygen atoms in total. The molecule has 0 fully saturated rings. The minimum atomic E-state index is 0.226. The molecule has 1 aromatic heterocycles. The van der Waals surface area contributed by atoms with Crippen LogP contribution in [0.5, 0.6) is 0 Å². The highest BCUT2D eigenvalue weighted by molar-refractivity contribution is 7.98. The summed E-state index contributed by atoms with van der Waals surface area (Å²) in [5, 5.41) is 0.867. The van der Waals surface area contributed by atoms with Crippen molar-refractivity contribution >= 4 is 29.3 Å². The van der Waals surface area contributed by atoms with Crippen LogP contribution >= 0.6 is 23.4 Å². The quantitative estimate of drug-likeness (QED) is 0.806. The smallest absolute Gasteiger partial charge is 0.230 e. The Morgan fingerprint density at radius 1 is 1.11 bits per heavy atom. The molecule has 0 amide bonds. The average Bonchev–Trinajstić information content (AvgIpc) is 2.37. The lowest BCUT2D eigenvalue weighted by Crippen LogP contribution is -2.13. The van der Waals surface area contributed by atoms with E-state index in [4.69, 9.17) is 11.6 Å². The summed E-state index contributed by atoms with van der Waals surface area (Å²) in [6.07, 6.45) is 0. The number of halogens is 1. The molecule has 1 aromatic carbocycles. The molecular formula is C12H13ClN4S. The number of thioether (sulfide) groups is 1. The van der Waals surface area contributed by atoms with Crippen LogP contribution in [0.4, 0.5) is 5.95 Å². The SMILES string of the molecule is CN(C)c1nc(Cl)nc(SCc2ccccc2)n1. The van der Waals surface area contributed by atoms with Gasteiger partial charge in [-0.1, -0.05) is 42.1 Å². The summed E-state index contributed by atoms with van der Waals surface area (Å²) < 4.78 is 0. The molecule has 0 spiro atoms. The van der Waals surface area contributed by atoms with Crippen molar-refractivity contribution in [3.8, 4) is 0 Å². The average molecular weight is 281 g/mol.